The third kappa shape index (κ3) is 20.7. The van der Waals surface area contributed by atoms with Gasteiger partial charge in [0.2, 0.25) is 35.4 Å². The van der Waals surface area contributed by atoms with E-state index in [9.17, 15) is 44.4 Å². The zero-order valence-electron chi connectivity index (χ0n) is 24.8. The number of amides is 6. The molecule has 1 rings (SSSR count). The van der Waals surface area contributed by atoms with Gasteiger partial charge in [-0.3, -0.25) is 44.4 Å². The Bertz CT molecular complexity index is 771. The van der Waals surface area contributed by atoms with Crippen molar-refractivity contribution in [2.24, 2.45) is 0 Å². The summed E-state index contributed by atoms with van der Waals surface area (Å²) in [4.78, 5) is 72.0. The molecule has 1 fully saturated rings. The number of hydrogen-bond donors (Lipinski definition) is 6. The minimum absolute atomic E-state index is 0. The van der Waals surface area contributed by atoms with Crippen LogP contribution in [0.15, 0.2) is 0 Å². The normalized spacial score (nSPS) is 20.9. The Balaban J connectivity index is 0.0000176. The number of nitrogens with one attached hydrogen (secondary N) is 3. The number of carbonyl (C=O) groups excluding carboxylic acids is 6. The molecule has 0 atom stereocenters. The zero-order valence-corrected chi connectivity index (χ0v) is 25.9. The van der Waals surface area contributed by atoms with E-state index >= 15 is 0 Å². The summed E-state index contributed by atoms with van der Waals surface area (Å²) in [6.07, 6.45) is 4.67. The van der Waals surface area contributed by atoms with Crippen molar-refractivity contribution in [3.63, 3.8) is 0 Å². The first-order valence-corrected chi connectivity index (χ1v) is 14.9. The van der Waals surface area contributed by atoms with Gasteiger partial charge in [-0.25, -0.2) is 15.2 Å². The summed E-state index contributed by atoms with van der Waals surface area (Å²) in [7, 11) is 0. The second-order valence-corrected chi connectivity index (χ2v) is 10.3. The van der Waals surface area contributed by atoms with Crippen LogP contribution in [-0.2, 0) is 45.8 Å². The first-order chi connectivity index (χ1) is 20.1. The van der Waals surface area contributed by atoms with Gasteiger partial charge >= 0.3 is 0 Å². The molecule has 6 N–H and O–H groups in total. The second kappa shape index (κ2) is 24.6. The maximum Gasteiger partial charge on any atom is 0.246 e. The Morgan fingerprint density at radius 2 is 0.651 bits per heavy atom. The number of nitrogens with zero attached hydrogens (tertiary/aromatic N) is 3. The summed E-state index contributed by atoms with van der Waals surface area (Å²) >= 11 is 0. The van der Waals surface area contributed by atoms with E-state index in [-0.39, 0.29) is 92.9 Å². The van der Waals surface area contributed by atoms with Crippen molar-refractivity contribution in [1.29, 1.82) is 0 Å². The van der Waals surface area contributed by atoms with Gasteiger partial charge < -0.3 is 16.0 Å². The fourth-order valence-corrected chi connectivity index (χ4v) is 4.06. The van der Waals surface area contributed by atoms with Crippen LogP contribution in [-0.4, -0.2) is 106 Å². The molecule has 0 aliphatic carbocycles. The molecule has 0 spiro atoms. The maximum absolute atomic E-state index is 12.0. The van der Waals surface area contributed by atoms with Crippen molar-refractivity contribution in [3.05, 3.63) is 0 Å². The van der Waals surface area contributed by atoms with Crippen molar-refractivity contribution in [3.8, 4) is 0 Å². The van der Waals surface area contributed by atoms with E-state index in [1.165, 1.54) is 0 Å². The molecule has 0 bridgehead atoms. The summed E-state index contributed by atoms with van der Waals surface area (Å²) in [5, 5.41) is 39.5. The SMILES string of the molecule is O=C1CCC(=O)N(O)CCCCCNC(=O)CCC(=O)N(O)CCCCCNC(=O)CCC(=O)N(O)CCCCCN1.[Fe]. The topological polar surface area (TPSA) is 209 Å². The van der Waals surface area contributed by atoms with Crippen molar-refractivity contribution < 1.29 is 61.5 Å². The van der Waals surface area contributed by atoms with Crippen LogP contribution in [0.3, 0.4) is 0 Å². The van der Waals surface area contributed by atoms with Crippen LogP contribution in [0.5, 0.6) is 0 Å². The van der Waals surface area contributed by atoms with Gasteiger partial charge in [0, 0.05) is 94.9 Å². The van der Waals surface area contributed by atoms with Gasteiger partial charge in [-0.1, -0.05) is 0 Å². The predicted molar refractivity (Wildman–Crippen MR) is 149 cm³/mol. The van der Waals surface area contributed by atoms with E-state index in [0.717, 1.165) is 0 Å². The Hall–Kier alpha value is -2.78. The van der Waals surface area contributed by atoms with E-state index < -0.39 is 17.7 Å². The van der Waals surface area contributed by atoms with E-state index in [1.54, 1.807) is 0 Å². The Morgan fingerprint density at radius 3 is 0.907 bits per heavy atom. The van der Waals surface area contributed by atoms with Gasteiger partial charge in [0.15, 0.2) is 0 Å². The molecule has 0 aromatic carbocycles. The molecule has 15 nitrogen and oxygen atoms in total. The average Bonchev–Trinajstić information content (AvgIpc) is 2.97. The molecule has 1 aliphatic rings. The van der Waals surface area contributed by atoms with Crippen LogP contribution in [0.25, 0.3) is 0 Å². The van der Waals surface area contributed by atoms with Crippen LogP contribution < -0.4 is 16.0 Å². The molecular formula is C27H48FeN6O9. The Labute approximate surface area is 263 Å². The third-order valence-electron chi connectivity index (χ3n) is 6.67. The first kappa shape index (κ1) is 40.2. The van der Waals surface area contributed by atoms with Crippen molar-refractivity contribution >= 4 is 35.4 Å². The molecule has 1 heterocycles. The fourth-order valence-electron chi connectivity index (χ4n) is 4.06. The number of hydrogen-bond acceptors (Lipinski definition) is 9. The second-order valence-electron chi connectivity index (χ2n) is 10.3. The van der Waals surface area contributed by atoms with Crippen LogP contribution in [0.1, 0.15) is 96.3 Å². The van der Waals surface area contributed by atoms with Gasteiger partial charge in [0.25, 0.3) is 0 Å². The molecule has 0 radical (unpaired) electrons. The molecule has 0 aromatic heterocycles. The van der Waals surface area contributed by atoms with Crippen molar-refractivity contribution in [2.75, 3.05) is 39.3 Å². The molecular weight excluding hydrogens is 608 g/mol. The smallest absolute Gasteiger partial charge is 0.246 e. The molecule has 16 heteroatoms. The summed E-state index contributed by atoms with van der Waals surface area (Å²) < 4.78 is 0. The minimum Gasteiger partial charge on any atom is -0.356 e. The van der Waals surface area contributed by atoms with Gasteiger partial charge in [0.05, 0.1) is 0 Å². The van der Waals surface area contributed by atoms with E-state index in [2.05, 4.69) is 16.0 Å². The number of hydroxylamine groups is 6. The molecule has 248 valence electrons. The standard InChI is InChI=1S/C27H48N6O9.Fe/c34-22-10-14-26(38)32(41)20-8-3-6-18-30-24(36)12-15-27(39)33(42)21-9-2-5-17-29-23(35)11-13-25(37)31(40)19-7-1-4-16-28-22;/h40-42H,1-21H2,(H,28,34)(H,29,35)(H,30,36);. The van der Waals surface area contributed by atoms with E-state index in [4.69, 9.17) is 0 Å². The van der Waals surface area contributed by atoms with Crippen LogP contribution >= 0.6 is 0 Å². The van der Waals surface area contributed by atoms with E-state index in [0.29, 0.717) is 92.6 Å². The third-order valence-corrected chi connectivity index (χ3v) is 6.67. The van der Waals surface area contributed by atoms with Crippen LogP contribution in [0.2, 0.25) is 0 Å². The van der Waals surface area contributed by atoms with Crippen LogP contribution in [0, 0.1) is 0 Å². The maximum atomic E-state index is 12.0. The Morgan fingerprint density at radius 1 is 0.395 bits per heavy atom. The summed E-state index contributed by atoms with van der Waals surface area (Å²) in [6, 6.07) is 0. The molecule has 43 heavy (non-hydrogen) atoms. The molecule has 1 aliphatic heterocycles. The predicted octanol–water partition coefficient (Wildman–Crippen LogP) is 0.851. The van der Waals surface area contributed by atoms with Gasteiger partial charge in [-0.15, -0.1) is 0 Å². The molecule has 0 aromatic rings. The van der Waals surface area contributed by atoms with Gasteiger partial charge in [-0.2, -0.15) is 0 Å². The van der Waals surface area contributed by atoms with Crippen LogP contribution in [0.4, 0.5) is 0 Å². The zero-order chi connectivity index (χ0) is 31.2. The number of rotatable bonds is 0. The average molecular weight is 657 g/mol. The molecule has 1 saturated heterocycles. The summed E-state index contributed by atoms with van der Waals surface area (Å²) in [5.74, 6) is -2.65. The molecule has 6 amide bonds. The monoisotopic (exact) mass is 656 g/mol. The summed E-state index contributed by atoms with van der Waals surface area (Å²) in [5.41, 5.74) is 0. The quantitative estimate of drug-likeness (QED) is 0.161. The fraction of sp³-hybridized carbons (Fsp3) is 0.778. The van der Waals surface area contributed by atoms with E-state index in [1.807, 2.05) is 0 Å². The van der Waals surface area contributed by atoms with Gasteiger partial charge in [-0.05, 0) is 57.8 Å². The molecule has 0 unspecified atom stereocenters. The van der Waals surface area contributed by atoms with Gasteiger partial charge in [0.1, 0.15) is 0 Å². The minimum atomic E-state index is -0.562. The van der Waals surface area contributed by atoms with Crippen molar-refractivity contribution in [1.82, 2.24) is 31.1 Å². The first-order valence-electron chi connectivity index (χ1n) is 14.9. The van der Waals surface area contributed by atoms with Crippen molar-refractivity contribution in [2.45, 2.75) is 96.3 Å². The number of carbonyl (C=O) groups is 6. The summed E-state index contributed by atoms with van der Waals surface area (Å²) in [6.45, 7) is 1.44. The Kier molecular flexibility index (Phi) is 23.0. The largest absolute Gasteiger partial charge is 0.356 e. The molecule has 0 saturated carbocycles.